The number of benzene rings is 1. The first kappa shape index (κ1) is 19.7. The van der Waals surface area contributed by atoms with Crippen molar-refractivity contribution in [3.63, 3.8) is 0 Å². The molecule has 9 heteroatoms. The predicted molar refractivity (Wildman–Crippen MR) is 110 cm³/mol. The molecule has 3 heterocycles. The number of carbonyl (C=O) groups excluding carboxylic acids is 1. The monoisotopic (exact) mass is 410 g/mol. The van der Waals surface area contributed by atoms with Gasteiger partial charge in [0.2, 0.25) is 0 Å². The second kappa shape index (κ2) is 7.66. The molecule has 0 saturated heterocycles. The van der Waals surface area contributed by atoms with Crippen molar-refractivity contribution in [2.24, 2.45) is 14.1 Å². The Morgan fingerprint density at radius 2 is 1.87 bits per heavy atom. The van der Waals surface area contributed by atoms with Gasteiger partial charge >= 0.3 is 5.69 Å². The number of rotatable bonds is 4. The van der Waals surface area contributed by atoms with Crippen LogP contribution < -0.4 is 20.7 Å². The van der Waals surface area contributed by atoms with Gasteiger partial charge in [0.25, 0.3) is 11.5 Å². The number of pyridine rings is 1. The Morgan fingerprint density at radius 1 is 1.10 bits per heavy atom. The van der Waals surface area contributed by atoms with E-state index < -0.39 is 11.2 Å². The smallest absolute Gasteiger partial charge is 0.332 e. The highest BCUT2D eigenvalue weighted by atomic mass is 16.6. The third kappa shape index (κ3) is 3.22. The first-order valence-corrected chi connectivity index (χ1v) is 9.66. The molecular formula is C21H22N4O5. The zero-order chi connectivity index (χ0) is 21.4. The molecule has 0 unspecified atom stereocenters. The molecule has 0 saturated carbocycles. The SMILES string of the molecule is CCN(Cc1cccc2c1OCCO2)C(=O)c1ccc2c(=O)n(C)c(=O)n(C)c2n1. The molecule has 156 valence electrons. The molecule has 4 rings (SSSR count). The molecule has 1 aliphatic rings. The molecule has 0 fully saturated rings. The van der Waals surface area contributed by atoms with Crippen LogP contribution in [0.3, 0.4) is 0 Å². The van der Waals surface area contributed by atoms with E-state index in [0.29, 0.717) is 37.8 Å². The van der Waals surface area contributed by atoms with Gasteiger partial charge in [-0.1, -0.05) is 12.1 Å². The van der Waals surface area contributed by atoms with Crippen LogP contribution >= 0.6 is 0 Å². The Bertz CT molecular complexity index is 1260. The van der Waals surface area contributed by atoms with E-state index in [4.69, 9.17) is 9.47 Å². The molecule has 0 radical (unpaired) electrons. The van der Waals surface area contributed by atoms with Gasteiger partial charge < -0.3 is 14.4 Å². The van der Waals surface area contributed by atoms with E-state index in [1.54, 1.807) is 4.90 Å². The largest absolute Gasteiger partial charge is 0.486 e. The first-order chi connectivity index (χ1) is 14.4. The van der Waals surface area contributed by atoms with E-state index in [0.717, 1.165) is 10.1 Å². The van der Waals surface area contributed by atoms with Crippen LogP contribution in [-0.4, -0.2) is 44.7 Å². The molecule has 1 aromatic carbocycles. The minimum Gasteiger partial charge on any atom is -0.486 e. The van der Waals surface area contributed by atoms with Crippen molar-refractivity contribution in [2.75, 3.05) is 19.8 Å². The zero-order valence-electron chi connectivity index (χ0n) is 17.0. The third-order valence-corrected chi connectivity index (χ3v) is 5.20. The molecule has 30 heavy (non-hydrogen) atoms. The van der Waals surface area contributed by atoms with Gasteiger partial charge in [-0.3, -0.25) is 18.7 Å². The van der Waals surface area contributed by atoms with E-state index in [1.165, 1.54) is 30.8 Å². The minimum absolute atomic E-state index is 0.162. The number of carbonyl (C=O) groups is 1. The quantitative estimate of drug-likeness (QED) is 0.638. The number of nitrogens with zero attached hydrogens (tertiary/aromatic N) is 4. The standard InChI is InChI=1S/C21H22N4O5/c1-4-25(12-13-6-5-7-16-17(13)30-11-10-29-16)20(27)15-9-8-14-18(22-15)23(2)21(28)24(3)19(14)26/h5-9H,4,10-12H2,1-3H3. The van der Waals surface area contributed by atoms with Crippen LogP contribution in [0.5, 0.6) is 11.5 Å². The molecule has 0 atom stereocenters. The van der Waals surface area contributed by atoms with E-state index >= 15 is 0 Å². The second-order valence-electron chi connectivity index (χ2n) is 7.03. The van der Waals surface area contributed by atoms with Crippen molar-refractivity contribution >= 4 is 16.9 Å². The van der Waals surface area contributed by atoms with Crippen LogP contribution in [0.25, 0.3) is 11.0 Å². The van der Waals surface area contributed by atoms with Gasteiger partial charge in [-0.25, -0.2) is 9.78 Å². The summed E-state index contributed by atoms with van der Waals surface area (Å²) in [6, 6.07) is 8.64. The van der Waals surface area contributed by atoms with Crippen molar-refractivity contribution in [1.29, 1.82) is 0 Å². The van der Waals surface area contributed by atoms with Crippen molar-refractivity contribution in [3.8, 4) is 11.5 Å². The van der Waals surface area contributed by atoms with E-state index in [2.05, 4.69) is 4.98 Å². The molecule has 9 nitrogen and oxygen atoms in total. The summed E-state index contributed by atoms with van der Waals surface area (Å²) in [4.78, 5) is 43.7. The summed E-state index contributed by atoms with van der Waals surface area (Å²) in [5, 5.41) is 0.280. The van der Waals surface area contributed by atoms with Gasteiger partial charge in [-0.2, -0.15) is 0 Å². The summed E-state index contributed by atoms with van der Waals surface area (Å²) in [6.07, 6.45) is 0. The van der Waals surface area contributed by atoms with Gasteiger partial charge in [-0.15, -0.1) is 0 Å². The lowest BCUT2D eigenvalue weighted by atomic mass is 10.1. The Morgan fingerprint density at radius 3 is 2.63 bits per heavy atom. The summed E-state index contributed by atoms with van der Waals surface area (Å²) in [5.74, 6) is 1.01. The average Bonchev–Trinajstić information content (AvgIpc) is 2.79. The summed E-state index contributed by atoms with van der Waals surface area (Å²) >= 11 is 0. The fourth-order valence-corrected chi connectivity index (χ4v) is 3.53. The molecule has 0 N–H and O–H groups in total. The third-order valence-electron chi connectivity index (χ3n) is 5.20. The van der Waals surface area contributed by atoms with E-state index in [1.807, 2.05) is 25.1 Å². The zero-order valence-corrected chi connectivity index (χ0v) is 17.0. The normalized spacial score (nSPS) is 12.8. The molecule has 1 aliphatic heterocycles. The summed E-state index contributed by atoms with van der Waals surface area (Å²) in [7, 11) is 2.94. The van der Waals surface area contributed by atoms with Crippen LogP contribution in [0.2, 0.25) is 0 Å². The number of amides is 1. The Balaban J connectivity index is 1.70. The summed E-state index contributed by atoms with van der Waals surface area (Å²) < 4.78 is 13.6. The van der Waals surface area contributed by atoms with Gasteiger partial charge in [0, 0.05) is 32.7 Å². The Hall–Kier alpha value is -3.62. The molecule has 3 aromatic rings. The number of hydrogen-bond acceptors (Lipinski definition) is 6. The topological polar surface area (TPSA) is 95.7 Å². The number of ether oxygens (including phenoxy) is 2. The average molecular weight is 410 g/mol. The lowest BCUT2D eigenvalue weighted by Crippen LogP contribution is -2.38. The number of para-hydroxylation sites is 1. The Labute approximate surface area is 172 Å². The van der Waals surface area contributed by atoms with Crippen molar-refractivity contribution in [3.05, 3.63) is 62.4 Å². The van der Waals surface area contributed by atoms with Gasteiger partial charge in [0.1, 0.15) is 24.6 Å². The van der Waals surface area contributed by atoms with Crippen LogP contribution in [0, 0.1) is 0 Å². The highest BCUT2D eigenvalue weighted by Crippen LogP contribution is 2.34. The fourth-order valence-electron chi connectivity index (χ4n) is 3.53. The number of fused-ring (bicyclic) bond motifs is 2. The van der Waals surface area contributed by atoms with Crippen LogP contribution in [0.1, 0.15) is 23.0 Å². The van der Waals surface area contributed by atoms with Crippen LogP contribution in [-0.2, 0) is 20.6 Å². The van der Waals surface area contributed by atoms with Crippen LogP contribution in [0.15, 0.2) is 39.9 Å². The molecule has 2 aromatic heterocycles. The maximum absolute atomic E-state index is 13.2. The number of hydrogen-bond donors (Lipinski definition) is 0. The van der Waals surface area contributed by atoms with Crippen molar-refractivity contribution in [1.82, 2.24) is 19.0 Å². The van der Waals surface area contributed by atoms with Gasteiger partial charge in [0.15, 0.2) is 11.5 Å². The van der Waals surface area contributed by atoms with Crippen molar-refractivity contribution < 1.29 is 14.3 Å². The highest BCUT2D eigenvalue weighted by molar-refractivity contribution is 5.94. The fraction of sp³-hybridized carbons (Fsp3) is 0.333. The number of aryl methyl sites for hydroxylation is 1. The lowest BCUT2D eigenvalue weighted by molar-refractivity contribution is 0.0743. The summed E-state index contributed by atoms with van der Waals surface area (Å²) in [6.45, 7) is 3.58. The number of aromatic nitrogens is 3. The molecule has 0 aliphatic carbocycles. The predicted octanol–water partition coefficient (Wildman–Crippen LogP) is 1.07. The van der Waals surface area contributed by atoms with Crippen LogP contribution in [0.4, 0.5) is 0 Å². The molecule has 0 spiro atoms. The summed E-state index contributed by atoms with van der Waals surface area (Å²) in [5.41, 5.74) is 0.239. The van der Waals surface area contributed by atoms with Gasteiger partial charge in [-0.05, 0) is 25.1 Å². The first-order valence-electron chi connectivity index (χ1n) is 9.66. The van der Waals surface area contributed by atoms with E-state index in [9.17, 15) is 14.4 Å². The minimum atomic E-state index is -0.495. The maximum Gasteiger partial charge on any atom is 0.332 e. The lowest BCUT2D eigenvalue weighted by Gasteiger charge is -2.25. The molecular weight excluding hydrogens is 388 g/mol. The molecule has 1 amide bonds. The molecule has 0 bridgehead atoms. The second-order valence-corrected chi connectivity index (χ2v) is 7.03. The van der Waals surface area contributed by atoms with E-state index in [-0.39, 0.29) is 22.6 Å². The van der Waals surface area contributed by atoms with Crippen molar-refractivity contribution in [2.45, 2.75) is 13.5 Å². The maximum atomic E-state index is 13.2. The highest BCUT2D eigenvalue weighted by Gasteiger charge is 2.22. The Kier molecular flexibility index (Phi) is 5.03. The van der Waals surface area contributed by atoms with Gasteiger partial charge in [0.05, 0.1) is 5.39 Å².